The van der Waals surface area contributed by atoms with Gasteiger partial charge < -0.3 is 0 Å². The van der Waals surface area contributed by atoms with E-state index in [2.05, 4.69) is 11.5 Å². The van der Waals surface area contributed by atoms with E-state index in [1.165, 1.54) is 5.37 Å². The van der Waals surface area contributed by atoms with Crippen LogP contribution in [-0.2, 0) is 4.79 Å². The van der Waals surface area contributed by atoms with Gasteiger partial charge >= 0.3 is 0 Å². The third-order valence-corrected chi connectivity index (χ3v) is 3.44. The van der Waals surface area contributed by atoms with Crippen LogP contribution in [0.2, 0.25) is 0 Å². The smallest absolute Gasteiger partial charge is 0.243 e. The molecule has 0 aromatic heterocycles. The van der Waals surface area contributed by atoms with Crippen molar-refractivity contribution in [2.75, 3.05) is 11.6 Å². The minimum atomic E-state index is -0.423. The highest BCUT2D eigenvalue weighted by molar-refractivity contribution is 7.78. The highest BCUT2D eigenvalue weighted by Gasteiger charge is 2.35. The Hall–Kier alpha value is -2.44. The topological polar surface area (TPSA) is 79.9 Å². The van der Waals surface area contributed by atoms with Crippen LogP contribution in [0.3, 0.4) is 0 Å². The average Bonchev–Trinajstić information content (AvgIpc) is 2.49. The van der Waals surface area contributed by atoms with Gasteiger partial charge in [0.25, 0.3) is 0 Å². The molecular formula is C14H12N4OS. The van der Waals surface area contributed by atoms with Gasteiger partial charge in [0.15, 0.2) is 0 Å². The minimum absolute atomic E-state index is 0.216. The molecular weight excluding hydrogens is 272 g/mol. The van der Waals surface area contributed by atoms with Gasteiger partial charge in [-0.2, -0.15) is 10.5 Å². The Bertz CT molecular complexity index is 616. The second kappa shape index (κ2) is 6.14. The molecule has 1 fully saturated rings. The Morgan fingerprint density at radius 2 is 2.30 bits per heavy atom. The Balaban J connectivity index is 2.24. The van der Waals surface area contributed by atoms with Crippen molar-refractivity contribution in [1.82, 2.24) is 5.43 Å². The summed E-state index contributed by atoms with van der Waals surface area (Å²) in [5, 5.41) is 21.2. The molecule has 2 rings (SSSR count). The second-order valence-electron chi connectivity index (χ2n) is 4.49. The average molecular weight is 284 g/mol. The van der Waals surface area contributed by atoms with E-state index < -0.39 is 11.8 Å². The van der Waals surface area contributed by atoms with Gasteiger partial charge in [-0.25, -0.2) is 0 Å². The molecule has 20 heavy (non-hydrogen) atoms. The van der Waals surface area contributed by atoms with Crippen LogP contribution in [-0.4, -0.2) is 17.8 Å². The van der Waals surface area contributed by atoms with Crippen molar-refractivity contribution >= 4 is 29.2 Å². The Kier molecular flexibility index (Phi) is 4.29. The summed E-state index contributed by atoms with van der Waals surface area (Å²) < 4.78 is 0. The molecule has 1 amide bonds. The van der Waals surface area contributed by atoms with Gasteiger partial charge in [0.2, 0.25) is 5.91 Å². The molecule has 1 aromatic rings. The van der Waals surface area contributed by atoms with Crippen LogP contribution in [0.5, 0.6) is 0 Å². The Labute approximate surface area is 122 Å². The molecule has 1 aliphatic rings. The third-order valence-electron chi connectivity index (χ3n) is 3.25. The van der Waals surface area contributed by atoms with Crippen LogP contribution in [0.4, 0.5) is 5.69 Å². The highest BCUT2D eigenvalue weighted by atomic mass is 32.1. The number of thiocarbonyl (C=S) groups is 1. The van der Waals surface area contributed by atoms with E-state index in [1.54, 1.807) is 29.3 Å². The van der Waals surface area contributed by atoms with Crippen LogP contribution in [0.15, 0.2) is 24.3 Å². The summed E-state index contributed by atoms with van der Waals surface area (Å²) in [6, 6.07) is 11.1. The molecule has 5 nitrogen and oxygen atoms in total. The molecule has 1 heterocycles. The van der Waals surface area contributed by atoms with Gasteiger partial charge in [-0.3, -0.25) is 15.2 Å². The number of anilines is 1. The fourth-order valence-electron chi connectivity index (χ4n) is 2.19. The van der Waals surface area contributed by atoms with Crippen molar-refractivity contribution in [3.63, 3.8) is 0 Å². The molecule has 0 radical (unpaired) electrons. The minimum Gasteiger partial charge on any atom is -0.284 e. The lowest BCUT2D eigenvalue weighted by Crippen LogP contribution is -2.55. The number of hydrogen-bond donors (Lipinski definition) is 1. The zero-order valence-corrected chi connectivity index (χ0v) is 11.4. The van der Waals surface area contributed by atoms with Gasteiger partial charge in [0.1, 0.15) is 0 Å². The van der Waals surface area contributed by atoms with Crippen molar-refractivity contribution in [1.29, 1.82) is 10.5 Å². The largest absolute Gasteiger partial charge is 0.284 e. The van der Waals surface area contributed by atoms with E-state index in [0.717, 1.165) is 0 Å². The number of amides is 1. The fourth-order valence-corrected chi connectivity index (χ4v) is 2.39. The molecule has 100 valence electrons. The van der Waals surface area contributed by atoms with Gasteiger partial charge in [-0.15, -0.1) is 0 Å². The van der Waals surface area contributed by atoms with Gasteiger partial charge in [-0.05, 0) is 30.0 Å². The zero-order chi connectivity index (χ0) is 14.5. The van der Waals surface area contributed by atoms with Crippen LogP contribution in [0.1, 0.15) is 12.0 Å². The Morgan fingerprint density at radius 1 is 1.50 bits per heavy atom. The van der Waals surface area contributed by atoms with Gasteiger partial charge in [-0.1, -0.05) is 18.3 Å². The van der Waals surface area contributed by atoms with E-state index in [9.17, 15) is 10.1 Å². The maximum atomic E-state index is 12.1. The summed E-state index contributed by atoms with van der Waals surface area (Å²) in [6.45, 7) is 0.380. The SMILES string of the molecule is N#Cc1cccc(N2CC(C#N)C(CC=S)C(=O)N2)c1. The number of carbonyl (C=O) groups excluding carboxylic acids is 1. The predicted octanol–water partition coefficient (Wildman–Crippen LogP) is 1.56. The van der Waals surface area contributed by atoms with E-state index in [0.29, 0.717) is 24.2 Å². The van der Waals surface area contributed by atoms with Crippen LogP contribution >= 0.6 is 12.2 Å². The van der Waals surface area contributed by atoms with Gasteiger partial charge in [0, 0.05) is 0 Å². The van der Waals surface area contributed by atoms with Crippen molar-refractivity contribution < 1.29 is 4.79 Å². The van der Waals surface area contributed by atoms with Crippen LogP contribution < -0.4 is 10.4 Å². The molecule has 0 spiro atoms. The maximum absolute atomic E-state index is 12.1. The molecule has 1 aromatic carbocycles. The standard InChI is InChI=1S/C14H12N4OS/c15-7-10-2-1-3-12(6-10)18-9-11(8-16)13(4-5-20)14(19)17-18/h1-3,5-6,11,13H,4,9H2,(H,17,19). The third kappa shape index (κ3) is 2.76. The normalized spacial score (nSPS) is 21.5. The first-order chi connectivity index (χ1) is 9.69. The number of hydrazine groups is 1. The molecule has 0 saturated carbocycles. The number of nitriles is 2. The molecule has 2 unspecified atom stereocenters. The number of hydrogen-bond acceptors (Lipinski definition) is 5. The van der Waals surface area contributed by atoms with E-state index in [-0.39, 0.29) is 5.91 Å². The lowest BCUT2D eigenvalue weighted by Gasteiger charge is -2.36. The van der Waals surface area contributed by atoms with Crippen molar-refractivity contribution in [3.8, 4) is 12.1 Å². The molecule has 0 bridgehead atoms. The number of nitrogens with zero attached hydrogens (tertiary/aromatic N) is 3. The lowest BCUT2D eigenvalue weighted by atomic mass is 9.88. The summed E-state index contributed by atoms with van der Waals surface area (Å²) in [4.78, 5) is 12.1. The van der Waals surface area contributed by atoms with Crippen molar-refractivity contribution in [2.45, 2.75) is 6.42 Å². The first-order valence-electron chi connectivity index (χ1n) is 6.11. The summed E-state index contributed by atoms with van der Waals surface area (Å²) in [6.07, 6.45) is 0.408. The molecule has 1 saturated heterocycles. The second-order valence-corrected chi connectivity index (χ2v) is 4.83. The van der Waals surface area contributed by atoms with Crippen LogP contribution in [0, 0.1) is 34.5 Å². The highest BCUT2D eigenvalue weighted by Crippen LogP contribution is 2.25. The molecule has 2 atom stereocenters. The summed E-state index contributed by atoms with van der Waals surface area (Å²) in [5.74, 6) is -1.05. The summed E-state index contributed by atoms with van der Waals surface area (Å²) in [7, 11) is 0. The monoisotopic (exact) mass is 284 g/mol. The molecule has 6 heteroatoms. The van der Waals surface area contributed by atoms with Crippen molar-refractivity contribution in [3.05, 3.63) is 29.8 Å². The lowest BCUT2D eigenvalue weighted by molar-refractivity contribution is -0.127. The van der Waals surface area contributed by atoms with E-state index in [1.807, 2.05) is 6.07 Å². The fraction of sp³-hybridized carbons (Fsp3) is 0.286. The molecule has 1 N–H and O–H groups in total. The van der Waals surface area contributed by atoms with Crippen LogP contribution in [0.25, 0.3) is 0 Å². The number of nitrogens with one attached hydrogen (secondary N) is 1. The maximum Gasteiger partial charge on any atom is 0.243 e. The summed E-state index contributed by atoms with van der Waals surface area (Å²) >= 11 is 4.78. The predicted molar refractivity (Wildman–Crippen MR) is 77.5 cm³/mol. The van der Waals surface area contributed by atoms with Crippen molar-refractivity contribution in [2.24, 2.45) is 11.8 Å². The molecule has 0 aliphatic carbocycles. The first-order valence-corrected chi connectivity index (χ1v) is 6.58. The van der Waals surface area contributed by atoms with E-state index in [4.69, 9.17) is 17.5 Å². The number of carbonyl (C=O) groups is 1. The number of rotatable bonds is 3. The van der Waals surface area contributed by atoms with E-state index >= 15 is 0 Å². The summed E-state index contributed by atoms with van der Waals surface area (Å²) in [5.41, 5.74) is 3.95. The first kappa shape index (κ1) is 14.0. The van der Waals surface area contributed by atoms with Gasteiger partial charge in [0.05, 0.1) is 41.8 Å². The number of benzene rings is 1. The Morgan fingerprint density at radius 3 is 2.95 bits per heavy atom. The zero-order valence-electron chi connectivity index (χ0n) is 10.6. The molecule has 1 aliphatic heterocycles. The quantitative estimate of drug-likeness (QED) is 0.852.